The molecule has 3 rings (SSSR count). The zero-order valence-electron chi connectivity index (χ0n) is 9.97. The topological polar surface area (TPSA) is 26.3 Å². The van der Waals surface area contributed by atoms with Gasteiger partial charge in [-0.15, -0.1) is 23.1 Å². The number of rotatable bonds is 3. The van der Waals surface area contributed by atoms with Gasteiger partial charge in [-0.3, -0.25) is 4.79 Å². The molecule has 2 aromatic rings. The predicted octanol–water partition coefficient (Wildman–Crippen LogP) is 4.18. The van der Waals surface area contributed by atoms with Gasteiger partial charge in [-0.05, 0) is 39.5 Å². The Morgan fingerprint density at radius 1 is 1.37 bits per heavy atom. The second-order valence-electron chi connectivity index (χ2n) is 4.20. The molecule has 0 radical (unpaired) electrons. The number of fused-ring (bicyclic) bond motifs is 1. The third-order valence-corrected chi connectivity index (χ3v) is 5.94. The van der Waals surface area contributed by atoms with Gasteiger partial charge < -0.3 is 4.74 Å². The van der Waals surface area contributed by atoms with E-state index in [0.29, 0.717) is 12.2 Å². The summed E-state index contributed by atoms with van der Waals surface area (Å²) in [6.45, 7) is 0. The van der Waals surface area contributed by atoms with Gasteiger partial charge in [0, 0.05) is 26.4 Å². The first-order chi connectivity index (χ1) is 9.24. The van der Waals surface area contributed by atoms with Gasteiger partial charge in [0.05, 0.1) is 0 Å². The third-order valence-electron chi connectivity index (χ3n) is 2.89. The van der Waals surface area contributed by atoms with E-state index in [1.807, 2.05) is 35.7 Å². The Bertz CT molecular complexity index is 609. The predicted molar refractivity (Wildman–Crippen MR) is 82.3 cm³/mol. The molecule has 0 aliphatic carbocycles. The van der Waals surface area contributed by atoms with Crippen LogP contribution in [0.15, 0.2) is 45.1 Å². The van der Waals surface area contributed by atoms with Gasteiger partial charge in [0.1, 0.15) is 5.75 Å². The molecule has 19 heavy (non-hydrogen) atoms. The lowest BCUT2D eigenvalue weighted by Gasteiger charge is -2.24. The largest absolute Gasteiger partial charge is 0.481 e. The second-order valence-corrected chi connectivity index (χ2v) is 7.12. The summed E-state index contributed by atoms with van der Waals surface area (Å²) >= 11 is 6.74. The lowest BCUT2D eigenvalue weighted by atomic mass is 10.1. The molecule has 1 aliphatic heterocycles. The van der Waals surface area contributed by atoms with Crippen molar-refractivity contribution in [2.24, 2.45) is 0 Å². The minimum Gasteiger partial charge on any atom is -0.481 e. The number of hydrogen-bond acceptors (Lipinski definition) is 4. The summed E-state index contributed by atoms with van der Waals surface area (Å²) in [6, 6.07) is 9.83. The molecule has 0 saturated heterocycles. The smallest absolute Gasteiger partial charge is 0.179 e. The summed E-state index contributed by atoms with van der Waals surface area (Å²) in [4.78, 5) is 14.5. The fourth-order valence-corrected chi connectivity index (χ4v) is 4.42. The van der Waals surface area contributed by atoms with Gasteiger partial charge in [-0.25, -0.2) is 0 Å². The van der Waals surface area contributed by atoms with Crippen LogP contribution in [0.2, 0.25) is 0 Å². The molecule has 1 aromatic heterocycles. The molecule has 1 aliphatic rings. The molecule has 0 fully saturated rings. The van der Waals surface area contributed by atoms with Crippen molar-refractivity contribution in [1.29, 1.82) is 0 Å². The quantitative estimate of drug-likeness (QED) is 0.827. The molecule has 1 aromatic carbocycles. The first-order valence-corrected chi connectivity index (χ1v) is 8.53. The number of ether oxygens (including phenoxy) is 1. The van der Waals surface area contributed by atoms with Crippen molar-refractivity contribution >= 4 is 44.8 Å². The number of carbonyl (C=O) groups excluding carboxylic acids is 1. The summed E-state index contributed by atoms with van der Waals surface area (Å²) in [6.07, 6.45) is 0.0972. The van der Waals surface area contributed by atoms with Crippen LogP contribution < -0.4 is 4.74 Å². The van der Waals surface area contributed by atoms with Crippen LogP contribution in [0.5, 0.6) is 5.75 Å². The van der Waals surface area contributed by atoms with E-state index in [1.54, 1.807) is 23.1 Å². The average molecular weight is 355 g/mol. The number of para-hydroxylation sites is 1. The lowest BCUT2D eigenvalue weighted by Crippen LogP contribution is -2.33. The van der Waals surface area contributed by atoms with E-state index >= 15 is 0 Å². The molecule has 0 N–H and O–H groups in total. The Morgan fingerprint density at radius 2 is 2.21 bits per heavy atom. The number of thioether (sulfide) groups is 1. The van der Waals surface area contributed by atoms with Gasteiger partial charge in [0.2, 0.25) is 0 Å². The maximum Gasteiger partial charge on any atom is 0.179 e. The van der Waals surface area contributed by atoms with Gasteiger partial charge in [0.25, 0.3) is 0 Å². The van der Waals surface area contributed by atoms with Crippen LogP contribution in [-0.4, -0.2) is 17.6 Å². The standard InChI is InChI=1S/C14H11BrO2S2/c15-9-5-6-18-14(9)7-10(16)12-8-19-13-4-2-1-3-11(13)17-12/h1-6,12H,7-8H2. The van der Waals surface area contributed by atoms with E-state index in [-0.39, 0.29) is 11.9 Å². The zero-order chi connectivity index (χ0) is 13.2. The van der Waals surface area contributed by atoms with Crippen molar-refractivity contribution in [1.82, 2.24) is 0 Å². The molecule has 98 valence electrons. The SMILES string of the molecule is O=C(Cc1sccc1Br)C1CSc2ccccc2O1. The second kappa shape index (κ2) is 5.69. The number of thiophene rings is 1. The molecule has 0 spiro atoms. The van der Waals surface area contributed by atoms with Crippen LogP contribution in [0, 0.1) is 0 Å². The summed E-state index contributed by atoms with van der Waals surface area (Å²) in [5, 5.41) is 1.98. The lowest BCUT2D eigenvalue weighted by molar-refractivity contribution is -0.124. The van der Waals surface area contributed by atoms with Gasteiger partial charge in [-0.2, -0.15) is 0 Å². The van der Waals surface area contributed by atoms with Crippen LogP contribution in [-0.2, 0) is 11.2 Å². The maximum absolute atomic E-state index is 12.3. The highest BCUT2D eigenvalue weighted by atomic mass is 79.9. The van der Waals surface area contributed by atoms with Crippen molar-refractivity contribution in [3.63, 3.8) is 0 Å². The number of carbonyl (C=O) groups is 1. The Morgan fingerprint density at radius 3 is 3.00 bits per heavy atom. The Hall–Kier alpha value is -0.780. The normalized spacial score (nSPS) is 17.6. The molecule has 5 heteroatoms. The van der Waals surface area contributed by atoms with E-state index in [4.69, 9.17) is 4.74 Å². The first-order valence-electron chi connectivity index (χ1n) is 5.87. The van der Waals surface area contributed by atoms with E-state index in [0.717, 1.165) is 20.0 Å². The molecule has 0 saturated carbocycles. The molecule has 0 bridgehead atoms. The van der Waals surface area contributed by atoms with Crippen molar-refractivity contribution < 1.29 is 9.53 Å². The van der Waals surface area contributed by atoms with E-state index in [1.165, 1.54) is 0 Å². The van der Waals surface area contributed by atoms with Gasteiger partial charge >= 0.3 is 0 Å². The molecule has 1 unspecified atom stereocenters. The van der Waals surface area contributed by atoms with Gasteiger partial charge in [0.15, 0.2) is 11.9 Å². The first kappa shape index (κ1) is 13.2. The fourth-order valence-electron chi connectivity index (χ4n) is 1.90. The van der Waals surface area contributed by atoms with Crippen LogP contribution >= 0.6 is 39.0 Å². The van der Waals surface area contributed by atoms with Crippen molar-refractivity contribution in [2.45, 2.75) is 17.4 Å². The van der Waals surface area contributed by atoms with Crippen molar-refractivity contribution in [2.75, 3.05) is 5.75 Å². The number of hydrogen-bond donors (Lipinski definition) is 0. The highest BCUT2D eigenvalue weighted by Gasteiger charge is 2.26. The molecule has 0 amide bonds. The highest BCUT2D eigenvalue weighted by Crippen LogP contribution is 2.35. The number of benzene rings is 1. The minimum absolute atomic E-state index is 0.144. The number of halogens is 1. The van der Waals surface area contributed by atoms with Gasteiger partial charge in [-0.1, -0.05) is 12.1 Å². The van der Waals surface area contributed by atoms with Crippen molar-refractivity contribution in [3.8, 4) is 5.75 Å². The van der Waals surface area contributed by atoms with Crippen LogP contribution in [0.4, 0.5) is 0 Å². The molecular formula is C14H11BrO2S2. The highest BCUT2D eigenvalue weighted by molar-refractivity contribution is 9.10. The maximum atomic E-state index is 12.3. The van der Waals surface area contributed by atoms with Crippen LogP contribution in [0.25, 0.3) is 0 Å². The summed E-state index contributed by atoms with van der Waals surface area (Å²) < 4.78 is 6.81. The summed E-state index contributed by atoms with van der Waals surface area (Å²) in [5.41, 5.74) is 0. The molecule has 2 heterocycles. The summed E-state index contributed by atoms with van der Waals surface area (Å²) in [7, 11) is 0. The monoisotopic (exact) mass is 354 g/mol. The minimum atomic E-state index is -0.339. The molecule has 2 nitrogen and oxygen atoms in total. The van der Waals surface area contributed by atoms with E-state index in [9.17, 15) is 4.79 Å². The van der Waals surface area contributed by atoms with E-state index in [2.05, 4.69) is 15.9 Å². The Labute approximate surface area is 128 Å². The summed E-state index contributed by atoms with van der Waals surface area (Å²) in [5.74, 6) is 1.66. The van der Waals surface area contributed by atoms with Crippen LogP contribution in [0.3, 0.4) is 0 Å². The Balaban J connectivity index is 1.71. The molecular weight excluding hydrogens is 344 g/mol. The fraction of sp³-hybridized carbons (Fsp3) is 0.214. The molecule has 1 atom stereocenters. The Kier molecular flexibility index (Phi) is 3.96. The average Bonchev–Trinajstić information content (AvgIpc) is 2.84. The van der Waals surface area contributed by atoms with Crippen LogP contribution in [0.1, 0.15) is 4.88 Å². The number of Topliss-reactive ketones (excluding diaryl/α,β-unsaturated/α-hetero) is 1. The third kappa shape index (κ3) is 2.88. The van der Waals surface area contributed by atoms with E-state index < -0.39 is 0 Å². The van der Waals surface area contributed by atoms with Crippen molar-refractivity contribution in [3.05, 3.63) is 45.1 Å². The number of ketones is 1. The zero-order valence-corrected chi connectivity index (χ0v) is 13.2.